The SMILES string of the molecule is O=C(c1ccccc1)c1c(-c2ccncc2)oc2ccccc2c1=O. The zero-order valence-electron chi connectivity index (χ0n) is 13.2. The van der Waals surface area contributed by atoms with Crippen LogP contribution >= 0.6 is 0 Å². The van der Waals surface area contributed by atoms with E-state index in [2.05, 4.69) is 4.98 Å². The van der Waals surface area contributed by atoms with Gasteiger partial charge in [-0.2, -0.15) is 0 Å². The summed E-state index contributed by atoms with van der Waals surface area (Å²) in [5.41, 5.74) is 1.24. The Morgan fingerprint density at radius 2 is 1.52 bits per heavy atom. The van der Waals surface area contributed by atoms with Crippen molar-refractivity contribution in [3.63, 3.8) is 0 Å². The number of fused-ring (bicyclic) bond motifs is 1. The Kier molecular flexibility index (Phi) is 3.71. The zero-order chi connectivity index (χ0) is 17.2. The molecule has 0 radical (unpaired) electrons. The highest BCUT2D eigenvalue weighted by Crippen LogP contribution is 2.27. The fraction of sp³-hybridized carbons (Fsp3) is 0. The Morgan fingerprint density at radius 3 is 2.28 bits per heavy atom. The van der Waals surface area contributed by atoms with Crippen LogP contribution in [0.3, 0.4) is 0 Å². The summed E-state index contributed by atoms with van der Waals surface area (Å²) in [6.45, 7) is 0. The first-order valence-electron chi connectivity index (χ1n) is 7.81. The Balaban J connectivity index is 2.06. The summed E-state index contributed by atoms with van der Waals surface area (Å²) in [6.07, 6.45) is 3.20. The van der Waals surface area contributed by atoms with Gasteiger partial charge in [0.2, 0.25) is 11.2 Å². The second-order valence-corrected chi connectivity index (χ2v) is 5.56. The Morgan fingerprint density at radius 1 is 0.840 bits per heavy atom. The van der Waals surface area contributed by atoms with Crippen molar-refractivity contribution in [2.24, 2.45) is 0 Å². The third-order valence-corrected chi connectivity index (χ3v) is 4.00. The fourth-order valence-electron chi connectivity index (χ4n) is 2.79. The van der Waals surface area contributed by atoms with Crippen molar-refractivity contribution in [2.45, 2.75) is 0 Å². The van der Waals surface area contributed by atoms with Crippen molar-refractivity contribution in [3.05, 3.63) is 100 Å². The Hall–Kier alpha value is -3.53. The van der Waals surface area contributed by atoms with Crippen molar-refractivity contribution < 1.29 is 9.21 Å². The van der Waals surface area contributed by atoms with Gasteiger partial charge in [-0.15, -0.1) is 0 Å². The van der Waals surface area contributed by atoms with E-state index in [4.69, 9.17) is 4.42 Å². The second kappa shape index (κ2) is 6.17. The van der Waals surface area contributed by atoms with E-state index in [1.54, 1.807) is 73.1 Å². The minimum atomic E-state index is -0.355. The number of ketones is 1. The van der Waals surface area contributed by atoms with Gasteiger partial charge in [-0.1, -0.05) is 42.5 Å². The van der Waals surface area contributed by atoms with Crippen LogP contribution in [0, 0.1) is 0 Å². The van der Waals surface area contributed by atoms with E-state index >= 15 is 0 Å². The normalized spacial score (nSPS) is 10.7. The first-order chi connectivity index (χ1) is 12.3. The number of benzene rings is 2. The van der Waals surface area contributed by atoms with Crippen LogP contribution in [0.15, 0.2) is 88.3 Å². The third-order valence-electron chi connectivity index (χ3n) is 4.00. The van der Waals surface area contributed by atoms with Gasteiger partial charge in [-0.25, -0.2) is 0 Å². The number of carbonyl (C=O) groups excluding carboxylic acids is 1. The molecule has 0 aliphatic heterocycles. The maximum atomic E-state index is 13.0. The van der Waals surface area contributed by atoms with Crippen molar-refractivity contribution >= 4 is 16.8 Å². The van der Waals surface area contributed by atoms with Crippen molar-refractivity contribution in [2.75, 3.05) is 0 Å². The molecule has 4 aromatic rings. The summed E-state index contributed by atoms with van der Waals surface area (Å²) in [7, 11) is 0. The van der Waals surface area contributed by atoms with Crippen LogP contribution in [0.2, 0.25) is 0 Å². The molecule has 0 saturated carbocycles. The number of rotatable bonds is 3. The van der Waals surface area contributed by atoms with Crippen LogP contribution in [0.25, 0.3) is 22.3 Å². The monoisotopic (exact) mass is 327 g/mol. The predicted molar refractivity (Wildman–Crippen MR) is 95.6 cm³/mol. The maximum absolute atomic E-state index is 13.0. The fourth-order valence-corrected chi connectivity index (χ4v) is 2.79. The molecule has 2 heterocycles. The molecule has 4 heteroatoms. The molecule has 0 fully saturated rings. The highest BCUT2D eigenvalue weighted by Gasteiger charge is 2.23. The van der Waals surface area contributed by atoms with Crippen LogP contribution in [-0.4, -0.2) is 10.8 Å². The van der Waals surface area contributed by atoms with Crippen molar-refractivity contribution in [3.8, 4) is 11.3 Å². The van der Waals surface area contributed by atoms with Gasteiger partial charge in [0.1, 0.15) is 16.9 Å². The summed E-state index contributed by atoms with van der Waals surface area (Å²) in [5, 5.41) is 0.389. The largest absolute Gasteiger partial charge is 0.455 e. The molecule has 0 bridgehead atoms. The second-order valence-electron chi connectivity index (χ2n) is 5.56. The predicted octanol–water partition coefficient (Wildman–Crippen LogP) is 4.09. The number of hydrogen-bond donors (Lipinski definition) is 0. The number of pyridine rings is 1. The molecule has 2 aromatic heterocycles. The summed E-state index contributed by atoms with van der Waals surface area (Å²) in [4.78, 5) is 30.1. The van der Waals surface area contributed by atoms with Gasteiger partial charge >= 0.3 is 0 Å². The average molecular weight is 327 g/mol. The van der Waals surface area contributed by atoms with Crippen molar-refractivity contribution in [1.29, 1.82) is 0 Å². The highest BCUT2D eigenvalue weighted by molar-refractivity contribution is 6.13. The topological polar surface area (TPSA) is 60.2 Å². The van der Waals surface area contributed by atoms with Gasteiger partial charge in [-0.3, -0.25) is 14.6 Å². The van der Waals surface area contributed by atoms with E-state index < -0.39 is 0 Å². The molecular formula is C21H13NO3. The quantitative estimate of drug-likeness (QED) is 0.532. The van der Waals surface area contributed by atoms with Crippen LogP contribution in [0.4, 0.5) is 0 Å². The molecule has 2 aromatic carbocycles. The smallest absolute Gasteiger partial charge is 0.204 e. The van der Waals surface area contributed by atoms with E-state index in [1.165, 1.54) is 0 Å². The van der Waals surface area contributed by atoms with Crippen LogP contribution in [0.1, 0.15) is 15.9 Å². The number of carbonyl (C=O) groups is 1. The first-order valence-corrected chi connectivity index (χ1v) is 7.81. The van der Waals surface area contributed by atoms with E-state index in [9.17, 15) is 9.59 Å². The minimum Gasteiger partial charge on any atom is -0.455 e. The summed E-state index contributed by atoms with van der Waals surface area (Å²) < 4.78 is 5.95. The maximum Gasteiger partial charge on any atom is 0.204 e. The lowest BCUT2D eigenvalue weighted by Gasteiger charge is -2.09. The van der Waals surface area contributed by atoms with Crippen LogP contribution in [0.5, 0.6) is 0 Å². The van der Waals surface area contributed by atoms with Crippen LogP contribution in [-0.2, 0) is 0 Å². The molecule has 0 amide bonds. The van der Waals surface area contributed by atoms with Gasteiger partial charge in [-0.05, 0) is 24.3 Å². The van der Waals surface area contributed by atoms with E-state index in [0.717, 1.165) is 0 Å². The van der Waals surface area contributed by atoms with Gasteiger partial charge < -0.3 is 4.42 Å². The van der Waals surface area contributed by atoms with Gasteiger partial charge in [0.15, 0.2) is 0 Å². The molecule has 0 aliphatic rings. The molecule has 4 nitrogen and oxygen atoms in total. The molecule has 120 valence electrons. The van der Waals surface area contributed by atoms with Gasteiger partial charge in [0.05, 0.1) is 5.39 Å². The van der Waals surface area contributed by atoms with Crippen molar-refractivity contribution in [1.82, 2.24) is 4.98 Å². The van der Waals surface area contributed by atoms with Gasteiger partial charge in [0, 0.05) is 23.5 Å². The Bertz CT molecular complexity index is 1120. The number of nitrogens with zero attached hydrogens (tertiary/aromatic N) is 1. The van der Waals surface area contributed by atoms with E-state index in [-0.39, 0.29) is 22.5 Å². The zero-order valence-corrected chi connectivity index (χ0v) is 13.2. The molecule has 4 rings (SSSR count). The lowest BCUT2D eigenvalue weighted by atomic mass is 9.98. The number of aromatic nitrogens is 1. The summed E-state index contributed by atoms with van der Waals surface area (Å²) >= 11 is 0. The molecular weight excluding hydrogens is 314 g/mol. The molecule has 0 saturated heterocycles. The van der Waals surface area contributed by atoms with E-state index in [1.807, 2.05) is 6.07 Å². The Labute approximate surface area is 143 Å². The molecule has 0 unspecified atom stereocenters. The number of hydrogen-bond acceptors (Lipinski definition) is 4. The summed E-state index contributed by atoms with van der Waals surface area (Å²) in [6, 6.07) is 19.1. The van der Waals surface area contributed by atoms with Crippen LogP contribution < -0.4 is 5.43 Å². The number of para-hydroxylation sites is 1. The lowest BCUT2D eigenvalue weighted by Crippen LogP contribution is -2.17. The van der Waals surface area contributed by atoms with E-state index in [0.29, 0.717) is 22.1 Å². The standard InChI is InChI=1S/C21H13NO3/c23-19(14-6-2-1-3-7-14)18-20(24)16-8-4-5-9-17(16)25-21(18)15-10-12-22-13-11-15/h1-13H. The van der Waals surface area contributed by atoms with Gasteiger partial charge in [0.25, 0.3) is 0 Å². The highest BCUT2D eigenvalue weighted by atomic mass is 16.3. The minimum absolute atomic E-state index is 0.0381. The lowest BCUT2D eigenvalue weighted by molar-refractivity contribution is 0.103. The average Bonchev–Trinajstić information content (AvgIpc) is 2.69. The molecule has 0 N–H and O–H groups in total. The third kappa shape index (κ3) is 2.64. The molecule has 25 heavy (non-hydrogen) atoms. The molecule has 0 spiro atoms. The molecule has 0 aliphatic carbocycles. The first kappa shape index (κ1) is 15.0. The molecule has 0 atom stereocenters. The summed E-state index contributed by atoms with van der Waals surface area (Å²) in [5.74, 6) is -0.0909.